The number of amidine groups is 1. The number of piperidine rings is 1. The maximum atomic E-state index is 13.0. The van der Waals surface area contributed by atoms with Crippen LogP contribution in [0.3, 0.4) is 0 Å². The van der Waals surface area contributed by atoms with Gasteiger partial charge in [-0.3, -0.25) is 19.2 Å². The molecule has 2 unspecified atom stereocenters. The average Bonchev–Trinajstić information content (AvgIpc) is 3.20. The van der Waals surface area contributed by atoms with Crippen molar-refractivity contribution in [3.05, 3.63) is 24.3 Å². The second-order valence-electron chi connectivity index (χ2n) is 8.25. The molecule has 1 N–H and O–H groups in total. The Hall–Kier alpha value is -3.14. The van der Waals surface area contributed by atoms with E-state index in [1.54, 1.807) is 38.4 Å². The summed E-state index contributed by atoms with van der Waals surface area (Å²) in [7, 11) is 4.69. The molecular weight excluding hydrogens is 414 g/mol. The van der Waals surface area contributed by atoms with E-state index in [-0.39, 0.29) is 19.1 Å². The van der Waals surface area contributed by atoms with Crippen LogP contribution in [0.5, 0.6) is 11.5 Å². The van der Waals surface area contributed by atoms with E-state index in [0.29, 0.717) is 17.5 Å². The molecule has 32 heavy (non-hydrogen) atoms. The number of hydrogen-bond acceptors (Lipinski definition) is 5. The van der Waals surface area contributed by atoms with E-state index in [4.69, 9.17) is 14.5 Å². The largest absolute Gasteiger partial charge is 0.497 e. The van der Waals surface area contributed by atoms with Crippen LogP contribution in [0, 0.1) is 0 Å². The van der Waals surface area contributed by atoms with Gasteiger partial charge in [-0.25, -0.2) is 9.69 Å². The van der Waals surface area contributed by atoms with Gasteiger partial charge in [-0.2, -0.15) is 0 Å². The molecule has 4 rings (SSSR count). The third-order valence-corrected chi connectivity index (χ3v) is 6.06. The van der Waals surface area contributed by atoms with Gasteiger partial charge < -0.3 is 14.6 Å². The fraction of sp³-hybridized carbons (Fsp3) is 0.545. The SMILES string of the molecule is COc1ccc(OCC(O)CN2C(=[N+]3CCCCC3)N=C3C2C(=O)N(C)C(=O)N3C)cc1. The third kappa shape index (κ3) is 4.14. The van der Waals surface area contributed by atoms with Crippen LogP contribution in [-0.4, -0.2) is 108 Å². The number of urea groups is 1. The van der Waals surface area contributed by atoms with Gasteiger partial charge in [0.25, 0.3) is 5.91 Å². The van der Waals surface area contributed by atoms with Gasteiger partial charge in [-0.15, -0.1) is 0 Å². The summed E-state index contributed by atoms with van der Waals surface area (Å²) in [5, 5.41) is 10.8. The Bertz CT molecular complexity index is 937. The molecule has 3 aliphatic heterocycles. The summed E-state index contributed by atoms with van der Waals surface area (Å²) >= 11 is 0. The zero-order valence-corrected chi connectivity index (χ0v) is 18.7. The van der Waals surface area contributed by atoms with Crippen molar-refractivity contribution in [2.24, 2.45) is 4.99 Å². The number of likely N-dealkylation sites (N-methyl/N-ethyl adjacent to an activating group) is 2. The summed E-state index contributed by atoms with van der Waals surface area (Å²) in [6.07, 6.45) is 2.37. The summed E-state index contributed by atoms with van der Waals surface area (Å²) in [4.78, 5) is 34.5. The minimum absolute atomic E-state index is 0.0525. The lowest BCUT2D eigenvalue weighted by Gasteiger charge is -2.33. The molecule has 10 heteroatoms. The molecule has 1 aromatic rings. The first-order chi connectivity index (χ1) is 15.4. The molecule has 0 bridgehead atoms. The average molecular weight is 445 g/mol. The van der Waals surface area contributed by atoms with Gasteiger partial charge in [0.05, 0.1) is 26.7 Å². The van der Waals surface area contributed by atoms with Crippen LogP contribution in [-0.2, 0) is 4.79 Å². The number of methoxy groups -OCH3 is 1. The number of imide groups is 1. The van der Waals surface area contributed by atoms with Crippen LogP contribution >= 0.6 is 0 Å². The predicted molar refractivity (Wildman–Crippen MR) is 117 cm³/mol. The highest BCUT2D eigenvalue weighted by Crippen LogP contribution is 2.24. The van der Waals surface area contributed by atoms with Gasteiger partial charge in [-0.05, 0) is 43.5 Å². The number of carbonyl (C=O) groups is 2. The molecule has 0 aliphatic carbocycles. The first kappa shape index (κ1) is 22.1. The second-order valence-corrected chi connectivity index (χ2v) is 8.25. The van der Waals surface area contributed by atoms with Crippen LogP contribution in [0.25, 0.3) is 0 Å². The number of hydrogen-bond donors (Lipinski definition) is 1. The fourth-order valence-electron chi connectivity index (χ4n) is 4.26. The van der Waals surface area contributed by atoms with Crippen molar-refractivity contribution in [1.82, 2.24) is 14.7 Å². The standard InChI is InChI=1S/C22H30N5O5/c1-24-19-18(20(29)25(2)22(24)30)27(21(23-19)26-11-5-4-6-12-26)13-15(28)14-32-17-9-7-16(31-3)8-10-17/h7-10,15,18,28H,4-6,11-14H2,1-3H3/q+1. The number of aliphatic hydroxyl groups excluding tert-OH is 1. The van der Waals surface area contributed by atoms with E-state index >= 15 is 0 Å². The van der Waals surface area contributed by atoms with Gasteiger partial charge in [0.15, 0.2) is 0 Å². The number of β-amino-alcohol motifs (C(OH)–C–C–N with tert-alkyl or cyclic N) is 1. The lowest BCUT2D eigenvalue weighted by Crippen LogP contribution is -2.63. The number of carbonyl (C=O) groups excluding carboxylic acids is 2. The van der Waals surface area contributed by atoms with Crippen molar-refractivity contribution >= 4 is 23.7 Å². The highest BCUT2D eigenvalue weighted by atomic mass is 16.5. The quantitative estimate of drug-likeness (QED) is 0.645. The molecule has 2 fully saturated rings. The molecule has 0 radical (unpaired) electrons. The van der Waals surface area contributed by atoms with Crippen LogP contribution < -0.4 is 9.47 Å². The smallest absolute Gasteiger partial charge is 0.392 e. The number of fused-ring (bicyclic) bond motifs is 1. The number of guanidine groups is 1. The molecule has 0 spiro atoms. The highest BCUT2D eigenvalue weighted by Gasteiger charge is 2.55. The number of benzene rings is 1. The number of amides is 3. The van der Waals surface area contributed by atoms with E-state index in [1.807, 2.05) is 4.90 Å². The van der Waals surface area contributed by atoms with Crippen molar-refractivity contribution in [3.63, 3.8) is 0 Å². The van der Waals surface area contributed by atoms with Gasteiger partial charge >= 0.3 is 12.0 Å². The third-order valence-electron chi connectivity index (χ3n) is 6.06. The topological polar surface area (TPSA) is 97.9 Å². The Morgan fingerprint density at radius 2 is 1.75 bits per heavy atom. The molecule has 2 saturated heterocycles. The summed E-state index contributed by atoms with van der Waals surface area (Å²) < 4.78 is 13.0. The molecule has 172 valence electrons. The van der Waals surface area contributed by atoms with E-state index in [9.17, 15) is 14.7 Å². The molecule has 2 atom stereocenters. The minimum Gasteiger partial charge on any atom is -0.497 e. The predicted octanol–water partition coefficient (Wildman–Crippen LogP) is 0.594. The summed E-state index contributed by atoms with van der Waals surface area (Å²) in [5.74, 6) is 2.03. The Balaban J connectivity index is 1.54. The van der Waals surface area contributed by atoms with E-state index in [2.05, 4.69) is 4.58 Å². The lowest BCUT2D eigenvalue weighted by molar-refractivity contribution is -0.542. The van der Waals surface area contributed by atoms with Gasteiger partial charge in [0, 0.05) is 14.1 Å². The first-order valence-electron chi connectivity index (χ1n) is 10.9. The fourth-order valence-corrected chi connectivity index (χ4v) is 4.26. The minimum atomic E-state index is -0.868. The second kappa shape index (κ2) is 9.15. The molecule has 10 nitrogen and oxygen atoms in total. The zero-order chi connectivity index (χ0) is 22.8. The monoisotopic (exact) mass is 444 g/mol. The number of aliphatic imine (C=N–C) groups is 1. The lowest BCUT2D eigenvalue weighted by atomic mass is 10.1. The molecule has 3 amide bonds. The maximum absolute atomic E-state index is 13.0. The number of aliphatic hydroxyl groups is 1. The van der Waals surface area contributed by atoms with E-state index in [0.717, 1.165) is 43.0 Å². The van der Waals surface area contributed by atoms with Gasteiger partial charge in [-0.1, -0.05) is 4.99 Å². The Labute approximate surface area is 187 Å². The molecule has 0 aromatic heterocycles. The van der Waals surface area contributed by atoms with Crippen molar-refractivity contribution in [2.45, 2.75) is 31.4 Å². The Morgan fingerprint density at radius 1 is 1.09 bits per heavy atom. The summed E-state index contributed by atoms with van der Waals surface area (Å²) in [5.41, 5.74) is 0. The van der Waals surface area contributed by atoms with Crippen molar-refractivity contribution in [1.29, 1.82) is 0 Å². The van der Waals surface area contributed by atoms with Crippen molar-refractivity contribution in [2.75, 3.05) is 47.4 Å². The number of ether oxygens (including phenoxy) is 2. The van der Waals surface area contributed by atoms with Crippen LogP contribution in [0.15, 0.2) is 29.3 Å². The van der Waals surface area contributed by atoms with Crippen molar-refractivity contribution < 1.29 is 28.7 Å². The van der Waals surface area contributed by atoms with Gasteiger partial charge in [0.2, 0.25) is 11.9 Å². The molecule has 0 saturated carbocycles. The van der Waals surface area contributed by atoms with Gasteiger partial charge in [0.1, 0.15) is 24.2 Å². The molecular formula is C22H30N5O5+. The number of rotatable bonds is 6. The van der Waals surface area contributed by atoms with Crippen LogP contribution in [0.4, 0.5) is 4.79 Å². The summed E-state index contributed by atoms with van der Waals surface area (Å²) in [6, 6.07) is 5.97. The zero-order valence-electron chi connectivity index (χ0n) is 18.7. The molecule has 1 aromatic carbocycles. The Kier molecular flexibility index (Phi) is 6.31. The normalized spacial score (nSPS) is 22.2. The van der Waals surface area contributed by atoms with E-state index < -0.39 is 18.2 Å². The Morgan fingerprint density at radius 3 is 2.41 bits per heavy atom. The van der Waals surface area contributed by atoms with Crippen LogP contribution in [0.1, 0.15) is 19.3 Å². The highest BCUT2D eigenvalue weighted by molar-refractivity contribution is 6.25. The van der Waals surface area contributed by atoms with E-state index in [1.165, 1.54) is 11.9 Å². The number of nitrogens with zero attached hydrogens (tertiary/aromatic N) is 5. The molecule has 3 heterocycles. The first-order valence-corrected chi connectivity index (χ1v) is 10.9. The maximum Gasteiger partial charge on any atom is 0.392 e. The summed E-state index contributed by atoms with van der Waals surface area (Å²) in [6.45, 7) is 1.86. The van der Waals surface area contributed by atoms with Crippen LogP contribution in [0.2, 0.25) is 0 Å². The van der Waals surface area contributed by atoms with Crippen molar-refractivity contribution in [3.8, 4) is 11.5 Å². The molecule has 3 aliphatic rings.